The molecule has 26 heavy (non-hydrogen) atoms. The van der Waals surface area contributed by atoms with Crippen LogP contribution in [0.5, 0.6) is 5.75 Å². The predicted molar refractivity (Wildman–Crippen MR) is 105 cm³/mol. The zero-order valence-corrected chi connectivity index (χ0v) is 15.8. The van der Waals surface area contributed by atoms with Gasteiger partial charge >= 0.3 is 0 Å². The maximum absolute atomic E-state index is 12.7. The van der Waals surface area contributed by atoms with Gasteiger partial charge < -0.3 is 19.7 Å². The molecule has 1 heterocycles. The molecule has 2 aromatic carbocycles. The van der Waals surface area contributed by atoms with E-state index in [1.165, 1.54) is 12.7 Å². The molecule has 1 aliphatic heterocycles. The van der Waals surface area contributed by atoms with Gasteiger partial charge in [0.15, 0.2) is 0 Å². The van der Waals surface area contributed by atoms with Crippen LogP contribution in [-0.4, -0.2) is 39.8 Å². The van der Waals surface area contributed by atoms with Crippen molar-refractivity contribution in [2.24, 2.45) is 0 Å². The third-order valence-electron chi connectivity index (χ3n) is 4.53. The fourth-order valence-electron chi connectivity index (χ4n) is 3.22. The van der Waals surface area contributed by atoms with Gasteiger partial charge in [0.1, 0.15) is 5.75 Å². The number of aryl methyl sites for hydroxylation is 1. The second kappa shape index (κ2) is 8.43. The van der Waals surface area contributed by atoms with Crippen molar-refractivity contribution >= 4 is 28.9 Å². The van der Waals surface area contributed by atoms with Crippen molar-refractivity contribution in [3.8, 4) is 5.75 Å². The van der Waals surface area contributed by atoms with Gasteiger partial charge in [0, 0.05) is 36.6 Å². The topological polar surface area (TPSA) is 50.8 Å². The number of anilines is 2. The van der Waals surface area contributed by atoms with E-state index >= 15 is 0 Å². The molecule has 5 nitrogen and oxygen atoms in total. The Labute approximate surface area is 158 Å². The number of carbonyl (C=O) groups is 1. The molecule has 1 amide bonds. The Morgan fingerprint density at radius 2 is 2.08 bits per heavy atom. The number of amides is 1. The van der Waals surface area contributed by atoms with Crippen molar-refractivity contribution in [2.45, 2.75) is 12.8 Å². The monoisotopic (exact) mass is 374 g/mol. The van der Waals surface area contributed by atoms with Crippen LogP contribution in [0.25, 0.3) is 0 Å². The van der Waals surface area contributed by atoms with Crippen LogP contribution in [0.2, 0.25) is 5.02 Å². The summed E-state index contributed by atoms with van der Waals surface area (Å²) in [6.45, 7) is 2.51. The van der Waals surface area contributed by atoms with Gasteiger partial charge in [0.2, 0.25) is 0 Å². The summed E-state index contributed by atoms with van der Waals surface area (Å²) in [7, 11) is 3.24. The lowest BCUT2D eigenvalue weighted by Gasteiger charge is -2.31. The Morgan fingerprint density at radius 1 is 1.23 bits per heavy atom. The van der Waals surface area contributed by atoms with Crippen molar-refractivity contribution in [1.29, 1.82) is 0 Å². The number of nitrogens with zero attached hydrogens (tertiary/aromatic N) is 1. The first-order valence-corrected chi connectivity index (χ1v) is 9.02. The number of ether oxygens (including phenoxy) is 2. The van der Waals surface area contributed by atoms with Crippen molar-refractivity contribution < 1.29 is 14.3 Å². The van der Waals surface area contributed by atoms with Crippen LogP contribution in [0, 0.1) is 0 Å². The highest BCUT2D eigenvalue weighted by Crippen LogP contribution is 2.31. The van der Waals surface area contributed by atoms with E-state index in [9.17, 15) is 4.79 Å². The molecule has 0 unspecified atom stereocenters. The molecule has 0 atom stereocenters. The van der Waals surface area contributed by atoms with Crippen LogP contribution in [-0.2, 0) is 11.2 Å². The first kappa shape index (κ1) is 18.5. The Bertz CT molecular complexity index is 795. The highest BCUT2D eigenvalue weighted by atomic mass is 35.5. The van der Waals surface area contributed by atoms with E-state index < -0.39 is 0 Å². The normalized spacial score (nSPS) is 13.3. The largest absolute Gasteiger partial charge is 0.496 e. The molecular formula is C20H23ClN2O3. The highest BCUT2D eigenvalue weighted by Gasteiger charge is 2.18. The van der Waals surface area contributed by atoms with Crippen molar-refractivity contribution in [2.75, 3.05) is 44.1 Å². The second-order valence-corrected chi connectivity index (χ2v) is 6.66. The molecule has 2 aromatic rings. The van der Waals surface area contributed by atoms with Crippen molar-refractivity contribution in [1.82, 2.24) is 0 Å². The minimum atomic E-state index is -0.247. The average Bonchev–Trinajstić information content (AvgIpc) is 2.66. The SMILES string of the molecule is COCCN1CCCc2ccc(NC(=O)c3cc(Cl)ccc3OC)cc21. The fraction of sp³-hybridized carbons (Fsp3) is 0.350. The number of rotatable bonds is 6. The van der Waals surface area contributed by atoms with Crippen LogP contribution >= 0.6 is 11.6 Å². The van der Waals surface area contributed by atoms with Gasteiger partial charge in [-0.1, -0.05) is 17.7 Å². The summed E-state index contributed by atoms with van der Waals surface area (Å²) >= 11 is 6.03. The number of fused-ring (bicyclic) bond motifs is 1. The Kier molecular flexibility index (Phi) is 6.01. The van der Waals surface area contributed by atoms with Crippen LogP contribution in [0.4, 0.5) is 11.4 Å². The van der Waals surface area contributed by atoms with Crippen LogP contribution in [0.3, 0.4) is 0 Å². The third-order valence-corrected chi connectivity index (χ3v) is 4.76. The molecule has 0 fully saturated rings. The number of hydrogen-bond donors (Lipinski definition) is 1. The van der Waals surface area contributed by atoms with Gasteiger partial charge in [-0.15, -0.1) is 0 Å². The van der Waals surface area contributed by atoms with Crippen molar-refractivity contribution in [3.63, 3.8) is 0 Å². The molecule has 0 saturated carbocycles. The summed E-state index contributed by atoms with van der Waals surface area (Å²) in [5.41, 5.74) is 3.61. The summed E-state index contributed by atoms with van der Waals surface area (Å²) in [6.07, 6.45) is 2.18. The summed E-state index contributed by atoms with van der Waals surface area (Å²) in [6, 6.07) is 11.0. The molecule has 0 aliphatic carbocycles. The van der Waals surface area contributed by atoms with E-state index in [0.717, 1.165) is 37.3 Å². The quantitative estimate of drug-likeness (QED) is 0.830. The van der Waals surface area contributed by atoms with Gasteiger partial charge in [-0.2, -0.15) is 0 Å². The van der Waals surface area contributed by atoms with Gasteiger partial charge in [0.05, 0.1) is 19.3 Å². The average molecular weight is 375 g/mol. The molecule has 3 rings (SSSR count). The van der Waals surface area contributed by atoms with E-state index in [4.69, 9.17) is 21.1 Å². The van der Waals surface area contributed by atoms with E-state index in [-0.39, 0.29) is 5.91 Å². The molecule has 0 aromatic heterocycles. The zero-order valence-electron chi connectivity index (χ0n) is 15.0. The lowest BCUT2D eigenvalue weighted by atomic mass is 10.0. The maximum atomic E-state index is 12.7. The summed E-state index contributed by atoms with van der Waals surface area (Å²) in [4.78, 5) is 15.0. The third kappa shape index (κ3) is 4.11. The molecule has 6 heteroatoms. The molecule has 1 aliphatic rings. The van der Waals surface area contributed by atoms with Gasteiger partial charge in [0.25, 0.3) is 5.91 Å². The first-order valence-electron chi connectivity index (χ1n) is 8.64. The maximum Gasteiger partial charge on any atom is 0.259 e. The number of nitrogens with one attached hydrogen (secondary N) is 1. The van der Waals surface area contributed by atoms with E-state index in [1.807, 2.05) is 12.1 Å². The minimum Gasteiger partial charge on any atom is -0.496 e. The smallest absolute Gasteiger partial charge is 0.259 e. The van der Waals surface area contributed by atoms with E-state index in [1.54, 1.807) is 25.3 Å². The first-order chi connectivity index (χ1) is 12.6. The lowest BCUT2D eigenvalue weighted by Crippen LogP contribution is -2.32. The molecule has 138 valence electrons. The molecule has 0 saturated heterocycles. The van der Waals surface area contributed by atoms with Crippen LogP contribution in [0.1, 0.15) is 22.3 Å². The zero-order chi connectivity index (χ0) is 18.5. The number of methoxy groups -OCH3 is 2. The molecule has 0 bridgehead atoms. The van der Waals surface area contributed by atoms with E-state index in [0.29, 0.717) is 22.9 Å². The van der Waals surface area contributed by atoms with Crippen LogP contribution in [0.15, 0.2) is 36.4 Å². The molecular weight excluding hydrogens is 352 g/mol. The minimum absolute atomic E-state index is 0.247. The number of halogens is 1. The Morgan fingerprint density at radius 3 is 2.85 bits per heavy atom. The molecule has 0 radical (unpaired) electrons. The van der Waals surface area contributed by atoms with Gasteiger partial charge in [-0.3, -0.25) is 4.79 Å². The summed E-state index contributed by atoms with van der Waals surface area (Å²) in [5.74, 6) is 0.245. The predicted octanol–water partition coefficient (Wildman–Crippen LogP) is 4.00. The Hall–Kier alpha value is -2.24. The molecule has 0 spiro atoms. The van der Waals surface area contributed by atoms with Crippen LogP contribution < -0.4 is 15.0 Å². The van der Waals surface area contributed by atoms with Crippen molar-refractivity contribution in [3.05, 3.63) is 52.5 Å². The Balaban J connectivity index is 1.82. The number of benzene rings is 2. The fourth-order valence-corrected chi connectivity index (χ4v) is 3.39. The number of hydrogen-bond acceptors (Lipinski definition) is 4. The lowest BCUT2D eigenvalue weighted by molar-refractivity contribution is 0.102. The summed E-state index contributed by atoms with van der Waals surface area (Å²) in [5, 5.41) is 3.44. The van der Waals surface area contributed by atoms with E-state index in [2.05, 4.69) is 16.3 Å². The summed E-state index contributed by atoms with van der Waals surface area (Å²) < 4.78 is 10.5. The van der Waals surface area contributed by atoms with Gasteiger partial charge in [-0.05, 0) is 48.7 Å². The highest BCUT2D eigenvalue weighted by molar-refractivity contribution is 6.31. The second-order valence-electron chi connectivity index (χ2n) is 6.23. The molecule has 1 N–H and O–H groups in total. The standard InChI is InChI=1S/C20H23ClN2O3/c1-25-11-10-23-9-3-4-14-5-7-16(13-18(14)23)22-20(24)17-12-15(21)6-8-19(17)26-2/h5-8,12-13H,3-4,9-11H2,1-2H3,(H,22,24). The van der Waals surface area contributed by atoms with Gasteiger partial charge in [-0.25, -0.2) is 0 Å². The number of carbonyl (C=O) groups excluding carboxylic acids is 1.